The number of nitrogens with zero attached hydrogens (tertiary/aromatic N) is 4. The van der Waals surface area contributed by atoms with Crippen LogP contribution in [0.3, 0.4) is 0 Å². The Labute approximate surface area is 159 Å². The minimum atomic E-state index is -0.133. The largest absolute Gasteiger partial charge is 0.319 e. The van der Waals surface area contributed by atoms with Crippen molar-refractivity contribution in [1.82, 2.24) is 19.7 Å². The van der Waals surface area contributed by atoms with E-state index in [1.807, 2.05) is 43.6 Å². The van der Waals surface area contributed by atoms with E-state index in [-0.39, 0.29) is 11.9 Å². The fourth-order valence-electron chi connectivity index (χ4n) is 3.27. The molecule has 0 bridgehead atoms. The number of carbonyl (C=O) groups is 1. The highest BCUT2D eigenvalue weighted by Gasteiger charge is 2.16. The van der Waals surface area contributed by atoms with Gasteiger partial charge in [0.2, 0.25) is 0 Å². The Kier molecular flexibility index (Phi) is 5.98. The average molecular weight is 363 g/mol. The predicted octanol–water partition coefficient (Wildman–Crippen LogP) is 3.65. The third-order valence-corrected chi connectivity index (χ3v) is 4.57. The summed E-state index contributed by atoms with van der Waals surface area (Å²) in [7, 11) is 3.92. The summed E-state index contributed by atoms with van der Waals surface area (Å²) in [6.07, 6.45) is 8.11. The van der Waals surface area contributed by atoms with E-state index in [2.05, 4.69) is 40.3 Å². The molecule has 2 aromatic heterocycles. The van der Waals surface area contributed by atoms with Gasteiger partial charge >= 0.3 is 0 Å². The van der Waals surface area contributed by atoms with Gasteiger partial charge in [0, 0.05) is 43.8 Å². The van der Waals surface area contributed by atoms with Crippen LogP contribution in [0.1, 0.15) is 40.9 Å². The van der Waals surface area contributed by atoms with Crippen LogP contribution in [0.2, 0.25) is 0 Å². The van der Waals surface area contributed by atoms with E-state index >= 15 is 0 Å². The molecule has 1 atom stereocenters. The maximum Gasteiger partial charge on any atom is 0.255 e. The summed E-state index contributed by atoms with van der Waals surface area (Å²) in [5.41, 5.74) is 3.62. The van der Waals surface area contributed by atoms with Crippen molar-refractivity contribution in [1.29, 1.82) is 0 Å². The number of aryl methyl sites for hydroxylation is 1. The highest BCUT2D eigenvalue weighted by molar-refractivity contribution is 6.04. The summed E-state index contributed by atoms with van der Waals surface area (Å²) < 4.78 is 1.66. The first-order valence-corrected chi connectivity index (χ1v) is 9.06. The van der Waals surface area contributed by atoms with Crippen molar-refractivity contribution >= 4 is 11.6 Å². The van der Waals surface area contributed by atoms with Crippen molar-refractivity contribution < 1.29 is 4.79 Å². The van der Waals surface area contributed by atoms with Gasteiger partial charge in [-0.3, -0.25) is 19.4 Å². The normalized spacial score (nSPS) is 12.1. The standard InChI is InChI=1S/C21H25N5O/c1-4-20(18-9-6-10-22-12-18)25(2)14-16-7-5-8-17(11-16)21(27)24-19-13-23-26(3)15-19/h5-13,15,20H,4,14H2,1-3H3,(H,24,27). The van der Waals surface area contributed by atoms with Crippen LogP contribution in [-0.2, 0) is 13.6 Å². The van der Waals surface area contributed by atoms with E-state index in [4.69, 9.17) is 0 Å². The molecule has 6 nitrogen and oxygen atoms in total. The van der Waals surface area contributed by atoms with Crippen LogP contribution in [0.5, 0.6) is 0 Å². The van der Waals surface area contributed by atoms with Crippen molar-refractivity contribution in [2.75, 3.05) is 12.4 Å². The maximum absolute atomic E-state index is 12.5. The Hall–Kier alpha value is -2.99. The molecule has 3 rings (SSSR count). The molecule has 0 saturated carbocycles. The fraction of sp³-hybridized carbons (Fsp3) is 0.286. The van der Waals surface area contributed by atoms with E-state index in [1.165, 1.54) is 5.56 Å². The summed E-state index contributed by atoms with van der Waals surface area (Å²) in [5.74, 6) is -0.133. The van der Waals surface area contributed by atoms with E-state index in [1.54, 1.807) is 23.3 Å². The van der Waals surface area contributed by atoms with Gasteiger partial charge in [-0.15, -0.1) is 0 Å². The third-order valence-electron chi connectivity index (χ3n) is 4.57. The Morgan fingerprint density at radius 2 is 2.11 bits per heavy atom. The Morgan fingerprint density at radius 1 is 1.26 bits per heavy atom. The number of hydrogen-bond donors (Lipinski definition) is 1. The lowest BCUT2D eigenvalue weighted by atomic mass is 10.0. The average Bonchev–Trinajstić information content (AvgIpc) is 3.08. The number of aromatic nitrogens is 3. The van der Waals surface area contributed by atoms with Gasteiger partial charge in [-0.1, -0.05) is 25.1 Å². The molecule has 0 aliphatic heterocycles. The number of rotatable bonds is 7. The number of carbonyl (C=O) groups excluding carboxylic acids is 1. The van der Waals surface area contributed by atoms with Crippen LogP contribution in [0.15, 0.2) is 61.2 Å². The predicted molar refractivity (Wildman–Crippen MR) is 106 cm³/mol. The molecule has 27 heavy (non-hydrogen) atoms. The van der Waals surface area contributed by atoms with E-state index in [9.17, 15) is 4.79 Å². The maximum atomic E-state index is 12.5. The van der Waals surface area contributed by atoms with Crippen molar-refractivity contribution in [2.45, 2.75) is 25.9 Å². The summed E-state index contributed by atoms with van der Waals surface area (Å²) in [6.45, 7) is 2.92. The van der Waals surface area contributed by atoms with Crippen LogP contribution in [0.25, 0.3) is 0 Å². The van der Waals surface area contributed by atoms with Crippen molar-refractivity contribution in [3.63, 3.8) is 0 Å². The summed E-state index contributed by atoms with van der Waals surface area (Å²) in [4.78, 5) is 19.0. The first-order chi connectivity index (χ1) is 13.1. The molecule has 1 unspecified atom stereocenters. The van der Waals surface area contributed by atoms with Crippen LogP contribution < -0.4 is 5.32 Å². The Balaban J connectivity index is 1.70. The summed E-state index contributed by atoms with van der Waals surface area (Å²) >= 11 is 0. The van der Waals surface area contributed by atoms with E-state index < -0.39 is 0 Å². The Bertz CT molecular complexity index is 890. The fourth-order valence-corrected chi connectivity index (χ4v) is 3.27. The molecule has 1 N–H and O–H groups in total. The SMILES string of the molecule is CCC(c1cccnc1)N(C)Cc1cccc(C(=O)Nc2cnn(C)c2)c1. The van der Waals surface area contributed by atoms with Gasteiger partial charge in [0.25, 0.3) is 5.91 Å². The highest BCUT2D eigenvalue weighted by Crippen LogP contribution is 2.24. The number of pyridine rings is 1. The molecule has 140 valence electrons. The topological polar surface area (TPSA) is 63.1 Å². The van der Waals surface area contributed by atoms with Crippen molar-refractivity contribution in [3.05, 3.63) is 77.9 Å². The van der Waals surface area contributed by atoms with Crippen LogP contribution in [-0.4, -0.2) is 32.6 Å². The quantitative estimate of drug-likeness (QED) is 0.696. The van der Waals surface area contributed by atoms with Gasteiger partial charge < -0.3 is 5.32 Å². The van der Waals surface area contributed by atoms with Crippen LogP contribution >= 0.6 is 0 Å². The zero-order chi connectivity index (χ0) is 19.2. The second-order valence-electron chi connectivity index (χ2n) is 6.68. The molecule has 0 saturated heterocycles. The molecule has 2 heterocycles. The summed E-state index contributed by atoms with van der Waals surface area (Å²) in [6, 6.07) is 12.1. The molecule has 0 spiro atoms. The number of anilines is 1. The van der Waals surface area contributed by atoms with Crippen molar-refractivity contribution in [2.24, 2.45) is 7.05 Å². The molecule has 1 aromatic carbocycles. The van der Waals surface area contributed by atoms with Gasteiger partial charge in [0.1, 0.15) is 0 Å². The monoisotopic (exact) mass is 363 g/mol. The lowest BCUT2D eigenvalue weighted by Crippen LogP contribution is -2.24. The zero-order valence-corrected chi connectivity index (χ0v) is 16.0. The molecule has 0 radical (unpaired) electrons. The zero-order valence-electron chi connectivity index (χ0n) is 16.0. The third kappa shape index (κ3) is 4.80. The highest BCUT2D eigenvalue weighted by atomic mass is 16.1. The Morgan fingerprint density at radius 3 is 2.78 bits per heavy atom. The van der Waals surface area contributed by atoms with Crippen LogP contribution in [0.4, 0.5) is 5.69 Å². The number of amides is 1. The lowest BCUT2D eigenvalue weighted by molar-refractivity contribution is 0.102. The molecule has 6 heteroatoms. The first kappa shape index (κ1) is 18.8. The molecule has 3 aromatic rings. The van der Waals surface area contributed by atoms with Gasteiger partial charge in [-0.2, -0.15) is 5.10 Å². The number of hydrogen-bond acceptors (Lipinski definition) is 4. The van der Waals surface area contributed by atoms with E-state index in [0.717, 1.165) is 18.5 Å². The minimum absolute atomic E-state index is 0.133. The molecular formula is C21H25N5O. The van der Waals surface area contributed by atoms with Gasteiger partial charge in [-0.25, -0.2) is 0 Å². The second-order valence-corrected chi connectivity index (χ2v) is 6.68. The van der Waals surface area contributed by atoms with Gasteiger partial charge in [0.05, 0.1) is 11.9 Å². The van der Waals surface area contributed by atoms with Gasteiger partial charge in [-0.05, 0) is 42.8 Å². The molecule has 0 aliphatic rings. The lowest BCUT2D eigenvalue weighted by Gasteiger charge is -2.27. The number of benzene rings is 1. The van der Waals surface area contributed by atoms with E-state index in [0.29, 0.717) is 11.3 Å². The van der Waals surface area contributed by atoms with Gasteiger partial charge in [0.15, 0.2) is 0 Å². The van der Waals surface area contributed by atoms with Crippen LogP contribution in [0, 0.1) is 0 Å². The van der Waals surface area contributed by atoms with Crippen molar-refractivity contribution in [3.8, 4) is 0 Å². The molecule has 0 fully saturated rings. The summed E-state index contributed by atoms with van der Waals surface area (Å²) in [5, 5.41) is 6.94. The molecule has 0 aliphatic carbocycles. The minimum Gasteiger partial charge on any atom is -0.319 e. The first-order valence-electron chi connectivity index (χ1n) is 9.06. The molecular weight excluding hydrogens is 338 g/mol. The molecule has 1 amide bonds. The second kappa shape index (κ2) is 8.60. The number of nitrogens with one attached hydrogen (secondary N) is 1. The smallest absolute Gasteiger partial charge is 0.255 e.